The first-order valence-electron chi connectivity index (χ1n) is 5.95. The van der Waals surface area contributed by atoms with Gasteiger partial charge in [0.25, 0.3) is 10.0 Å². The van der Waals surface area contributed by atoms with Crippen LogP contribution in [0.1, 0.15) is 21.5 Å². The summed E-state index contributed by atoms with van der Waals surface area (Å²) in [6.45, 7) is 3.27. The van der Waals surface area contributed by atoms with Crippen LogP contribution in [0.25, 0.3) is 0 Å². The van der Waals surface area contributed by atoms with Crippen LogP contribution in [0.4, 0.5) is 5.95 Å². The largest absolute Gasteiger partial charge is 0.478 e. The average molecular weight is 307 g/mol. The van der Waals surface area contributed by atoms with E-state index in [0.717, 1.165) is 6.07 Å². The number of carboxylic acids is 1. The summed E-state index contributed by atoms with van der Waals surface area (Å²) in [5, 5.41) is 9.04. The number of anilines is 1. The van der Waals surface area contributed by atoms with Crippen molar-refractivity contribution in [3.63, 3.8) is 0 Å². The normalized spacial score (nSPS) is 11.1. The molecule has 0 spiro atoms. The van der Waals surface area contributed by atoms with Gasteiger partial charge in [0.05, 0.1) is 10.5 Å². The lowest BCUT2D eigenvalue weighted by atomic mass is 10.1. The van der Waals surface area contributed by atoms with Crippen LogP contribution in [0.3, 0.4) is 0 Å². The first-order chi connectivity index (χ1) is 9.81. The van der Waals surface area contributed by atoms with Gasteiger partial charge in [-0.05, 0) is 43.2 Å². The molecule has 1 aromatic carbocycles. The Morgan fingerprint density at radius 3 is 2.38 bits per heavy atom. The quantitative estimate of drug-likeness (QED) is 0.887. The highest BCUT2D eigenvalue weighted by Crippen LogP contribution is 2.22. The second-order valence-corrected chi connectivity index (χ2v) is 6.05. The number of sulfonamides is 1. The molecule has 0 aliphatic heterocycles. The van der Waals surface area contributed by atoms with E-state index in [1.807, 2.05) is 0 Å². The molecule has 0 amide bonds. The minimum absolute atomic E-state index is 0.0738. The number of benzene rings is 1. The zero-order valence-corrected chi connectivity index (χ0v) is 12.2. The summed E-state index contributed by atoms with van der Waals surface area (Å²) in [4.78, 5) is 18.5. The van der Waals surface area contributed by atoms with Crippen LogP contribution in [0, 0.1) is 13.8 Å². The van der Waals surface area contributed by atoms with Crippen molar-refractivity contribution in [3.05, 3.63) is 47.3 Å². The van der Waals surface area contributed by atoms with Crippen LogP contribution in [0.5, 0.6) is 0 Å². The number of carbonyl (C=O) groups is 1. The van der Waals surface area contributed by atoms with Gasteiger partial charge in [0.1, 0.15) is 0 Å². The number of nitrogens with zero attached hydrogens (tertiary/aromatic N) is 2. The molecule has 1 heterocycles. The van der Waals surface area contributed by atoms with Gasteiger partial charge in [-0.1, -0.05) is 0 Å². The van der Waals surface area contributed by atoms with E-state index in [4.69, 9.17) is 5.11 Å². The molecule has 0 radical (unpaired) electrons. The Bertz CT molecular complexity index is 789. The zero-order valence-electron chi connectivity index (χ0n) is 11.4. The van der Waals surface area contributed by atoms with Gasteiger partial charge in [0.2, 0.25) is 5.95 Å². The fourth-order valence-corrected chi connectivity index (χ4v) is 3.06. The number of aromatic nitrogens is 2. The van der Waals surface area contributed by atoms with E-state index in [-0.39, 0.29) is 16.4 Å². The van der Waals surface area contributed by atoms with Gasteiger partial charge >= 0.3 is 5.97 Å². The van der Waals surface area contributed by atoms with E-state index in [1.54, 1.807) is 19.9 Å². The van der Waals surface area contributed by atoms with Crippen molar-refractivity contribution >= 4 is 21.9 Å². The Morgan fingerprint density at radius 1 is 1.19 bits per heavy atom. The predicted molar refractivity (Wildman–Crippen MR) is 75.7 cm³/mol. The number of aryl methyl sites for hydroxylation is 1. The van der Waals surface area contributed by atoms with Crippen molar-refractivity contribution in [1.82, 2.24) is 9.97 Å². The number of hydrogen-bond donors (Lipinski definition) is 2. The number of aromatic carboxylic acids is 1. The Balaban J connectivity index is 2.52. The van der Waals surface area contributed by atoms with E-state index in [9.17, 15) is 13.2 Å². The van der Waals surface area contributed by atoms with Gasteiger partial charge < -0.3 is 5.11 Å². The summed E-state index contributed by atoms with van der Waals surface area (Å²) in [5.74, 6) is -1.26. The Kier molecular flexibility index (Phi) is 3.90. The van der Waals surface area contributed by atoms with E-state index in [2.05, 4.69) is 14.7 Å². The van der Waals surface area contributed by atoms with Gasteiger partial charge in [-0.2, -0.15) is 0 Å². The molecule has 21 heavy (non-hydrogen) atoms. The van der Waals surface area contributed by atoms with Crippen LogP contribution in [0.15, 0.2) is 35.5 Å². The summed E-state index contributed by atoms with van der Waals surface area (Å²) in [6, 6.07) is 4.10. The molecule has 1 aromatic heterocycles. The number of carboxylic acid groups (broad SMARTS) is 1. The molecule has 0 bridgehead atoms. The molecular weight excluding hydrogens is 294 g/mol. The molecule has 0 fully saturated rings. The van der Waals surface area contributed by atoms with Crippen molar-refractivity contribution in [1.29, 1.82) is 0 Å². The second kappa shape index (κ2) is 5.49. The summed E-state index contributed by atoms with van der Waals surface area (Å²) in [6.07, 6.45) is 2.80. The van der Waals surface area contributed by atoms with Gasteiger partial charge in [-0.15, -0.1) is 0 Å². The first-order valence-corrected chi connectivity index (χ1v) is 7.44. The van der Waals surface area contributed by atoms with Crippen LogP contribution >= 0.6 is 0 Å². The Morgan fingerprint density at radius 2 is 1.81 bits per heavy atom. The minimum Gasteiger partial charge on any atom is -0.478 e. The van der Waals surface area contributed by atoms with Gasteiger partial charge in [-0.25, -0.2) is 27.9 Å². The maximum Gasteiger partial charge on any atom is 0.335 e. The smallest absolute Gasteiger partial charge is 0.335 e. The third kappa shape index (κ3) is 3.16. The molecule has 7 nitrogen and oxygen atoms in total. The second-order valence-electron chi connectivity index (χ2n) is 4.40. The lowest BCUT2D eigenvalue weighted by molar-refractivity contribution is 0.0696. The fraction of sp³-hybridized carbons (Fsp3) is 0.154. The lowest BCUT2D eigenvalue weighted by Gasteiger charge is -2.12. The molecule has 2 aromatic rings. The minimum atomic E-state index is -3.96. The molecule has 0 atom stereocenters. The van der Waals surface area contributed by atoms with Gasteiger partial charge in [-0.3, -0.25) is 0 Å². The highest BCUT2D eigenvalue weighted by molar-refractivity contribution is 7.92. The van der Waals surface area contributed by atoms with Crippen molar-refractivity contribution in [2.45, 2.75) is 18.7 Å². The molecule has 0 saturated carbocycles. The summed E-state index contributed by atoms with van der Waals surface area (Å²) in [7, 11) is -3.96. The zero-order chi connectivity index (χ0) is 15.6. The van der Waals surface area contributed by atoms with E-state index in [0.29, 0.717) is 11.1 Å². The van der Waals surface area contributed by atoms with E-state index >= 15 is 0 Å². The van der Waals surface area contributed by atoms with E-state index < -0.39 is 16.0 Å². The maximum atomic E-state index is 12.4. The summed E-state index contributed by atoms with van der Waals surface area (Å²) in [5.41, 5.74) is 0.958. The molecule has 0 saturated heterocycles. The molecule has 2 N–H and O–H groups in total. The van der Waals surface area contributed by atoms with Crippen LogP contribution in [-0.2, 0) is 10.0 Å². The number of nitrogens with one attached hydrogen (secondary N) is 1. The molecule has 0 aliphatic rings. The summed E-state index contributed by atoms with van der Waals surface area (Å²) >= 11 is 0. The van der Waals surface area contributed by atoms with Gasteiger partial charge in [0.15, 0.2) is 0 Å². The summed E-state index contributed by atoms with van der Waals surface area (Å²) < 4.78 is 27.0. The number of rotatable bonds is 4. The van der Waals surface area contributed by atoms with Crippen LogP contribution in [-0.4, -0.2) is 29.5 Å². The topological polar surface area (TPSA) is 109 Å². The van der Waals surface area contributed by atoms with Crippen molar-refractivity contribution in [2.24, 2.45) is 0 Å². The van der Waals surface area contributed by atoms with Crippen molar-refractivity contribution in [2.75, 3.05) is 4.72 Å². The lowest BCUT2D eigenvalue weighted by Crippen LogP contribution is -2.17. The SMILES string of the molecule is Cc1cc(C(=O)O)cc(S(=O)(=O)Nc2ncccn2)c1C. The van der Waals surface area contributed by atoms with E-state index in [1.165, 1.54) is 18.5 Å². The van der Waals surface area contributed by atoms with Crippen LogP contribution in [0.2, 0.25) is 0 Å². The van der Waals surface area contributed by atoms with Crippen molar-refractivity contribution < 1.29 is 18.3 Å². The Hall–Kier alpha value is -2.48. The predicted octanol–water partition coefficient (Wildman–Crippen LogP) is 1.59. The molecular formula is C13H13N3O4S. The third-order valence-corrected chi connectivity index (χ3v) is 4.40. The molecule has 2 rings (SSSR count). The highest BCUT2D eigenvalue weighted by atomic mass is 32.2. The molecule has 0 aliphatic carbocycles. The first kappa shape index (κ1) is 14.9. The fourth-order valence-electron chi connectivity index (χ4n) is 1.76. The highest BCUT2D eigenvalue weighted by Gasteiger charge is 2.21. The standard InChI is InChI=1S/C13H13N3O4S/c1-8-6-10(12(17)18)7-11(9(8)2)21(19,20)16-13-14-4-3-5-15-13/h3-7H,1-2H3,(H,17,18)(H,14,15,16). The molecule has 0 unspecified atom stereocenters. The van der Waals surface area contributed by atoms with Gasteiger partial charge in [0, 0.05) is 12.4 Å². The monoisotopic (exact) mass is 307 g/mol. The van der Waals surface area contributed by atoms with Crippen molar-refractivity contribution in [3.8, 4) is 0 Å². The maximum absolute atomic E-state index is 12.4. The molecule has 8 heteroatoms. The van der Waals surface area contributed by atoms with Crippen LogP contribution < -0.4 is 4.72 Å². The number of hydrogen-bond acceptors (Lipinski definition) is 5. The average Bonchev–Trinajstić information content (AvgIpc) is 2.41. The Labute approximate surface area is 121 Å². The molecule has 110 valence electrons. The third-order valence-electron chi connectivity index (χ3n) is 2.95.